The van der Waals surface area contributed by atoms with E-state index in [2.05, 4.69) is 25.7 Å². The summed E-state index contributed by atoms with van der Waals surface area (Å²) in [5.74, 6) is 7.80. The monoisotopic (exact) mass is 162 g/mol. The molecule has 1 aromatic heterocycles. The van der Waals surface area contributed by atoms with E-state index in [0.717, 1.165) is 18.6 Å². The first kappa shape index (κ1) is 8.93. The SMILES string of the molecule is CC(C)CC#CCc1ccco1. The van der Waals surface area contributed by atoms with E-state index in [0.29, 0.717) is 5.92 Å². The Morgan fingerprint density at radius 2 is 2.25 bits per heavy atom. The van der Waals surface area contributed by atoms with Crippen LogP contribution in [0.2, 0.25) is 0 Å². The average molecular weight is 162 g/mol. The van der Waals surface area contributed by atoms with Gasteiger partial charge in [-0.3, -0.25) is 0 Å². The Hall–Kier alpha value is -1.16. The predicted octanol–water partition coefficient (Wildman–Crippen LogP) is 2.87. The van der Waals surface area contributed by atoms with Gasteiger partial charge in [-0.25, -0.2) is 0 Å². The molecular weight excluding hydrogens is 148 g/mol. The van der Waals surface area contributed by atoms with Gasteiger partial charge in [0.25, 0.3) is 0 Å². The highest BCUT2D eigenvalue weighted by atomic mass is 16.3. The van der Waals surface area contributed by atoms with Crippen LogP contribution in [-0.4, -0.2) is 0 Å². The molecule has 0 atom stereocenters. The second-order valence-corrected chi connectivity index (χ2v) is 3.21. The Labute approximate surface area is 73.8 Å². The lowest BCUT2D eigenvalue weighted by Gasteiger charge is -1.92. The van der Waals surface area contributed by atoms with E-state index in [9.17, 15) is 0 Å². The Balaban J connectivity index is 2.29. The third-order valence-corrected chi connectivity index (χ3v) is 1.48. The molecule has 0 saturated carbocycles. The van der Waals surface area contributed by atoms with Crippen molar-refractivity contribution >= 4 is 0 Å². The van der Waals surface area contributed by atoms with Gasteiger partial charge in [0.05, 0.1) is 12.7 Å². The molecule has 1 heterocycles. The van der Waals surface area contributed by atoms with Crippen molar-refractivity contribution in [2.45, 2.75) is 26.7 Å². The normalized spacial score (nSPS) is 9.58. The molecule has 0 amide bonds. The molecule has 0 fully saturated rings. The topological polar surface area (TPSA) is 13.1 Å². The second-order valence-electron chi connectivity index (χ2n) is 3.21. The van der Waals surface area contributed by atoms with Crippen LogP contribution >= 0.6 is 0 Å². The summed E-state index contributed by atoms with van der Waals surface area (Å²) < 4.78 is 5.14. The van der Waals surface area contributed by atoms with Gasteiger partial charge < -0.3 is 4.42 Å². The maximum atomic E-state index is 5.14. The molecular formula is C11H14O. The van der Waals surface area contributed by atoms with Crippen LogP contribution in [0.5, 0.6) is 0 Å². The predicted molar refractivity (Wildman–Crippen MR) is 49.6 cm³/mol. The highest BCUT2D eigenvalue weighted by Gasteiger charge is 1.90. The zero-order valence-electron chi connectivity index (χ0n) is 7.63. The molecule has 0 aliphatic carbocycles. The molecule has 1 rings (SSSR count). The highest BCUT2D eigenvalue weighted by molar-refractivity contribution is 5.10. The van der Waals surface area contributed by atoms with Gasteiger partial charge in [0, 0.05) is 6.42 Å². The first-order chi connectivity index (χ1) is 5.79. The third-order valence-electron chi connectivity index (χ3n) is 1.48. The van der Waals surface area contributed by atoms with Crippen LogP contribution in [0.25, 0.3) is 0 Å². The molecule has 1 nitrogen and oxygen atoms in total. The van der Waals surface area contributed by atoms with Gasteiger partial charge >= 0.3 is 0 Å². The van der Waals surface area contributed by atoms with Crippen molar-refractivity contribution in [3.63, 3.8) is 0 Å². The minimum absolute atomic E-state index is 0.661. The molecule has 0 N–H and O–H groups in total. The molecule has 1 aromatic rings. The fourth-order valence-electron chi connectivity index (χ4n) is 0.839. The van der Waals surface area contributed by atoms with Crippen molar-refractivity contribution in [2.24, 2.45) is 5.92 Å². The van der Waals surface area contributed by atoms with Crippen molar-refractivity contribution < 1.29 is 4.42 Å². The summed E-state index contributed by atoms with van der Waals surface area (Å²) in [6, 6.07) is 3.84. The summed E-state index contributed by atoms with van der Waals surface area (Å²) in [6.07, 6.45) is 3.39. The summed E-state index contributed by atoms with van der Waals surface area (Å²) >= 11 is 0. The molecule has 1 heteroatoms. The van der Waals surface area contributed by atoms with Crippen molar-refractivity contribution in [2.75, 3.05) is 0 Å². The van der Waals surface area contributed by atoms with Crippen LogP contribution in [0.1, 0.15) is 26.0 Å². The largest absolute Gasteiger partial charge is 0.468 e. The molecule has 0 radical (unpaired) electrons. The first-order valence-electron chi connectivity index (χ1n) is 4.27. The van der Waals surface area contributed by atoms with Gasteiger partial charge in [0.15, 0.2) is 0 Å². The molecule has 0 unspecified atom stereocenters. The maximum Gasteiger partial charge on any atom is 0.115 e. The first-order valence-corrected chi connectivity index (χ1v) is 4.27. The van der Waals surface area contributed by atoms with E-state index in [1.54, 1.807) is 6.26 Å². The number of furan rings is 1. The van der Waals surface area contributed by atoms with Gasteiger partial charge in [-0.2, -0.15) is 0 Å². The average Bonchev–Trinajstić information content (AvgIpc) is 2.49. The van der Waals surface area contributed by atoms with Crippen molar-refractivity contribution in [3.8, 4) is 11.8 Å². The van der Waals surface area contributed by atoms with E-state index in [-0.39, 0.29) is 0 Å². The van der Waals surface area contributed by atoms with Gasteiger partial charge in [-0.15, -0.1) is 5.92 Å². The van der Waals surface area contributed by atoms with Crippen molar-refractivity contribution in [3.05, 3.63) is 24.2 Å². The van der Waals surface area contributed by atoms with Crippen LogP contribution in [0.15, 0.2) is 22.8 Å². The van der Waals surface area contributed by atoms with Crippen LogP contribution < -0.4 is 0 Å². The van der Waals surface area contributed by atoms with Gasteiger partial charge in [-0.1, -0.05) is 19.8 Å². The Kier molecular flexibility index (Phi) is 3.47. The van der Waals surface area contributed by atoms with Crippen LogP contribution in [0.3, 0.4) is 0 Å². The van der Waals surface area contributed by atoms with E-state index in [4.69, 9.17) is 4.42 Å². The Morgan fingerprint density at radius 1 is 1.42 bits per heavy atom. The van der Waals surface area contributed by atoms with E-state index < -0.39 is 0 Å². The molecule has 0 aliphatic heterocycles. The smallest absolute Gasteiger partial charge is 0.115 e. The van der Waals surface area contributed by atoms with Gasteiger partial charge in [-0.05, 0) is 18.1 Å². The minimum Gasteiger partial charge on any atom is -0.468 e. The lowest BCUT2D eigenvalue weighted by Crippen LogP contribution is -1.82. The molecule has 0 aromatic carbocycles. The van der Waals surface area contributed by atoms with Crippen LogP contribution in [0, 0.1) is 17.8 Å². The van der Waals surface area contributed by atoms with Gasteiger partial charge in [0.1, 0.15) is 5.76 Å². The summed E-state index contributed by atoms with van der Waals surface area (Å²) in [5.41, 5.74) is 0. The van der Waals surface area contributed by atoms with Crippen molar-refractivity contribution in [1.29, 1.82) is 0 Å². The molecule has 64 valence electrons. The standard InChI is InChI=1S/C11H14O/c1-10(2)6-3-4-7-11-8-5-9-12-11/h5,8-10H,6-7H2,1-2H3. The fourth-order valence-corrected chi connectivity index (χ4v) is 0.839. The van der Waals surface area contributed by atoms with Crippen LogP contribution in [-0.2, 0) is 6.42 Å². The van der Waals surface area contributed by atoms with Crippen molar-refractivity contribution in [1.82, 2.24) is 0 Å². The summed E-state index contributed by atoms with van der Waals surface area (Å²) in [6.45, 7) is 4.34. The number of rotatable bonds is 2. The minimum atomic E-state index is 0.661. The maximum absolute atomic E-state index is 5.14. The lowest BCUT2D eigenvalue weighted by molar-refractivity contribution is 0.525. The third kappa shape index (κ3) is 3.30. The van der Waals surface area contributed by atoms with E-state index in [1.807, 2.05) is 12.1 Å². The Morgan fingerprint density at radius 3 is 2.83 bits per heavy atom. The molecule has 0 aliphatic rings. The van der Waals surface area contributed by atoms with Gasteiger partial charge in [0.2, 0.25) is 0 Å². The van der Waals surface area contributed by atoms with E-state index in [1.165, 1.54) is 0 Å². The van der Waals surface area contributed by atoms with E-state index >= 15 is 0 Å². The molecule has 0 bridgehead atoms. The zero-order valence-corrected chi connectivity index (χ0v) is 7.63. The summed E-state index contributed by atoms with van der Waals surface area (Å²) in [7, 11) is 0. The summed E-state index contributed by atoms with van der Waals surface area (Å²) in [4.78, 5) is 0. The fraction of sp³-hybridized carbons (Fsp3) is 0.455. The molecule has 12 heavy (non-hydrogen) atoms. The molecule has 0 spiro atoms. The second kappa shape index (κ2) is 4.66. The highest BCUT2D eigenvalue weighted by Crippen LogP contribution is 2.00. The lowest BCUT2D eigenvalue weighted by atomic mass is 10.1. The quantitative estimate of drug-likeness (QED) is 0.609. The molecule has 0 saturated heterocycles. The van der Waals surface area contributed by atoms with Crippen LogP contribution in [0.4, 0.5) is 0 Å². The zero-order chi connectivity index (χ0) is 8.81. The number of hydrogen-bond acceptors (Lipinski definition) is 1. The summed E-state index contributed by atoms with van der Waals surface area (Å²) in [5, 5.41) is 0. The Bertz CT molecular complexity index is 259. The number of hydrogen-bond donors (Lipinski definition) is 0.